The lowest BCUT2D eigenvalue weighted by atomic mass is 10.1. The van der Waals surface area contributed by atoms with Gasteiger partial charge < -0.3 is 5.11 Å². The zero-order chi connectivity index (χ0) is 11.7. The number of aromatic nitrogens is 3. The van der Waals surface area contributed by atoms with E-state index in [2.05, 4.69) is 10.1 Å². The van der Waals surface area contributed by atoms with Crippen molar-refractivity contribution in [2.45, 2.75) is 20.0 Å². The molecular weight excluding hydrogens is 202 g/mol. The van der Waals surface area contributed by atoms with Crippen molar-refractivity contribution in [2.24, 2.45) is 7.05 Å². The Labute approximate surface area is 94.6 Å². The van der Waals surface area contributed by atoms with Crippen LogP contribution in [0.25, 0.3) is 0 Å². The molecule has 16 heavy (non-hydrogen) atoms. The van der Waals surface area contributed by atoms with E-state index in [1.807, 2.05) is 33.0 Å². The van der Waals surface area contributed by atoms with Gasteiger partial charge in [-0.15, -0.1) is 0 Å². The Morgan fingerprint density at radius 3 is 2.56 bits per heavy atom. The number of aliphatic hydroxyl groups excluding tert-OH is 1. The van der Waals surface area contributed by atoms with Crippen LogP contribution in [0.2, 0.25) is 0 Å². The van der Waals surface area contributed by atoms with Gasteiger partial charge in [-0.2, -0.15) is 5.10 Å². The lowest BCUT2D eigenvalue weighted by Gasteiger charge is -2.11. The largest absolute Gasteiger partial charge is 0.382 e. The Bertz CT molecular complexity index is 505. The van der Waals surface area contributed by atoms with E-state index in [0.717, 1.165) is 22.5 Å². The van der Waals surface area contributed by atoms with Crippen molar-refractivity contribution in [3.63, 3.8) is 0 Å². The van der Waals surface area contributed by atoms with Crippen molar-refractivity contribution in [2.75, 3.05) is 0 Å². The Morgan fingerprint density at radius 1 is 1.25 bits per heavy atom. The van der Waals surface area contributed by atoms with E-state index in [4.69, 9.17) is 0 Å². The number of aryl methyl sites for hydroxylation is 3. The fourth-order valence-corrected chi connectivity index (χ4v) is 1.79. The van der Waals surface area contributed by atoms with Crippen molar-refractivity contribution in [1.82, 2.24) is 14.8 Å². The van der Waals surface area contributed by atoms with Crippen LogP contribution < -0.4 is 0 Å². The summed E-state index contributed by atoms with van der Waals surface area (Å²) in [5, 5.41) is 14.4. The van der Waals surface area contributed by atoms with Gasteiger partial charge in [0.25, 0.3) is 0 Å². The lowest BCUT2D eigenvalue weighted by molar-refractivity contribution is 0.209. The second-order valence-corrected chi connectivity index (χ2v) is 4.03. The first-order chi connectivity index (χ1) is 7.58. The van der Waals surface area contributed by atoms with Gasteiger partial charge in [-0.05, 0) is 25.5 Å². The van der Waals surface area contributed by atoms with Gasteiger partial charge in [0.1, 0.15) is 6.10 Å². The van der Waals surface area contributed by atoms with Crippen LogP contribution in [0.4, 0.5) is 0 Å². The van der Waals surface area contributed by atoms with Crippen molar-refractivity contribution >= 4 is 0 Å². The average molecular weight is 217 g/mol. The lowest BCUT2D eigenvalue weighted by Crippen LogP contribution is -2.07. The molecule has 2 rings (SSSR count). The van der Waals surface area contributed by atoms with Gasteiger partial charge in [0.15, 0.2) is 0 Å². The fraction of sp³-hybridized carbons (Fsp3) is 0.333. The fourth-order valence-electron chi connectivity index (χ4n) is 1.79. The first-order valence-electron chi connectivity index (χ1n) is 5.18. The minimum Gasteiger partial charge on any atom is -0.382 e. The summed E-state index contributed by atoms with van der Waals surface area (Å²) in [5.74, 6) is 0. The minimum atomic E-state index is -0.668. The highest BCUT2D eigenvalue weighted by Gasteiger charge is 2.15. The highest BCUT2D eigenvalue weighted by atomic mass is 16.3. The summed E-state index contributed by atoms with van der Waals surface area (Å²) < 4.78 is 1.70. The van der Waals surface area contributed by atoms with Gasteiger partial charge in [-0.25, -0.2) is 0 Å². The van der Waals surface area contributed by atoms with E-state index in [9.17, 15) is 5.11 Å². The maximum Gasteiger partial charge on any atom is 0.122 e. The number of pyridine rings is 1. The van der Waals surface area contributed by atoms with Crippen LogP contribution in [0.1, 0.15) is 28.6 Å². The van der Waals surface area contributed by atoms with Gasteiger partial charge in [-0.3, -0.25) is 9.67 Å². The third-order valence-corrected chi connectivity index (χ3v) is 2.53. The molecule has 0 radical (unpaired) electrons. The molecule has 0 bridgehead atoms. The predicted molar refractivity (Wildman–Crippen MR) is 61.0 cm³/mol. The first-order valence-corrected chi connectivity index (χ1v) is 5.18. The molecule has 0 aliphatic rings. The molecule has 0 aromatic carbocycles. The Hall–Kier alpha value is -1.68. The Kier molecular flexibility index (Phi) is 2.75. The molecule has 0 spiro atoms. The molecule has 1 atom stereocenters. The summed E-state index contributed by atoms with van der Waals surface area (Å²) in [6.45, 7) is 3.86. The molecular formula is C12H15N3O. The Balaban J connectivity index is 2.38. The molecule has 0 aliphatic heterocycles. The van der Waals surface area contributed by atoms with E-state index in [1.54, 1.807) is 17.1 Å². The molecule has 2 heterocycles. The van der Waals surface area contributed by atoms with E-state index < -0.39 is 6.10 Å². The molecule has 0 aliphatic carbocycles. The van der Waals surface area contributed by atoms with Gasteiger partial charge in [0.2, 0.25) is 0 Å². The van der Waals surface area contributed by atoms with Crippen LogP contribution in [0.3, 0.4) is 0 Å². The minimum absolute atomic E-state index is 0.668. The van der Waals surface area contributed by atoms with Crippen LogP contribution in [-0.2, 0) is 7.05 Å². The molecule has 2 aromatic heterocycles. The predicted octanol–water partition coefficient (Wildman–Crippen LogP) is 1.51. The molecule has 1 N–H and O–H groups in total. The maximum absolute atomic E-state index is 10.2. The van der Waals surface area contributed by atoms with Crippen LogP contribution in [0, 0.1) is 13.8 Å². The molecule has 0 amide bonds. The highest BCUT2D eigenvalue weighted by Crippen LogP contribution is 2.21. The van der Waals surface area contributed by atoms with E-state index in [1.165, 1.54) is 0 Å². The summed E-state index contributed by atoms with van der Waals surface area (Å²) >= 11 is 0. The topological polar surface area (TPSA) is 50.9 Å². The average Bonchev–Trinajstić information content (AvgIpc) is 2.57. The van der Waals surface area contributed by atoms with Gasteiger partial charge in [-0.1, -0.05) is 6.07 Å². The number of hydrogen-bond acceptors (Lipinski definition) is 3. The van der Waals surface area contributed by atoms with Crippen molar-refractivity contribution < 1.29 is 5.11 Å². The summed E-state index contributed by atoms with van der Waals surface area (Å²) in [7, 11) is 1.83. The molecule has 0 fully saturated rings. The van der Waals surface area contributed by atoms with Crippen LogP contribution in [-0.4, -0.2) is 19.9 Å². The van der Waals surface area contributed by atoms with Gasteiger partial charge in [0.05, 0.1) is 11.4 Å². The molecule has 0 saturated carbocycles. The number of nitrogens with zero attached hydrogens (tertiary/aromatic N) is 3. The van der Waals surface area contributed by atoms with Gasteiger partial charge in [0, 0.05) is 25.0 Å². The van der Waals surface area contributed by atoms with Crippen LogP contribution in [0.15, 0.2) is 24.5 Å². The summed E-state index contributed by atoms with van der Waals surface area (Å²) in [4.78, 5) is 4.08. The van der Waals surface area contributed by atoms with Crippen molar-refractivity contribution in [3.8, 4) is 0 Å². The molecule has 1 unspecified atom stereocenters. The zero-order valence-electron chi connectivity index (χ0n) is 9.68. The summed E-state index contributed by atoms with van der Waals surface area (Å²) in [6.07, 6.45) is 2.78. The Morgan fingerprint density at radius 2 is 2.00 bits per heavy atom. The van der Waals surface area contributed by atoms with Crippen molar-refractivity contribution in [3.05, 3.63) is 47.0 Å². The van der Waals surface area contributed by atoms with Crippen LogP contribution in [0.5, 0.6) is 0 Å². The molecule has 4 nitrogen and oxygen atoms in total. The second-order valence-electron chi connectivity index (χ2n) is 4.03. The third kappa shape index (κ3) is 1.97. The maximum atomic E-state index is 10.2. The quantitative estimate of drug-likeness (QED) is 0.829. The van der Waals surface area contributed by atoms with E-state index >= 15 is 0 Å². The summed E-state index contributed by atoms with van der Waals surface area (Å²) in [6, 6.07) is 3.81. The SMILES string of the molecule is Cc1cncc(C(O)c2cc(C)nn2C)c1. The van der Waals surface area contributed by atoms with E-state index in [0.29, 0.717) is 0 Å². The van der Waals surface area contributed by atoms with E-state index in [-0.39, 0.29) is 0 Å². The van der Waals surface area contributed by atoms with Gasteiger partial charge >= 0.3 is 0 Å². The summed E-state index contributed by atoms with van der Waals surface area (Å²) in [5.41, 5.74) is 3.51. The highest BCUT2D eigenvalue weighted by molar-refractivity contribution is 5.26. The van der Waals surface area contributed by atoms with Crippen LogP contribution >= 0.6 is 0 Å². The second kappa shape index (κ2) is 4.06. The molecule has 4 heteroatoms. The third-order valence-electron chi connectivity index (χ3n) is 2.53. The van der Waals surface area contributed by atoms with Crippen molar-refractivity contribution in [1.29, 1.82) is 0 Å². The monoisotopic (exact) mass is 217 g/mol. The standard InChI is InChI=1S/C12H15N3O/c1-8-4-10(7-13-6-8)12(16)11-5-9(2)14-15(11)3/h4-7,12,16H,1-3H3. The molecule has 0 saturated heterocycles. The number of aliphatic hydroxyl groups is 1. The molecule has 2 aromatic rings. The molecule has 84 valence electrons. The first kappa shape index (κ1) is 10.8. The normalized spacial score (nSPS) is 12.8. The smallest absolute Gasteiger partial charge is 0.122 e. The zero-order valence-corrected chi connectivity index (χ0v) is 9.68. The number of hydrogen-bond donors (Lipinski definition) is 1. The number of rotatable bonds is 2.